The number of pyridine rings is 1. The van der Waals surface area contributed by atoms with E-state index in [4.69, 9.17) is 4.98 Å². The molecule has 0 spiro atoms. The third-order valence-electron chi connectivity index (χ3n) is 5.80. The Hall–Kier alpha value is -4.86. The van der Waals surface area contributed by atoms with Gasteiger partial charge in [0.1, 0.15) is 12.4 Å². The molecule has 0 aliphatic carbocycles. The predicted molar refractivity (Wildman–Crippen MR) is 141 cm³/mol. The lowest BCUT2D eigenvalue weighted by Gasteiger charge is -2.25. The van der Waals surface area contributed by atoms with Gasteiger partial charge < -0.3 is 14.8 Å². The fourth-order valence-electron chi connectivity index (χ4n) is 4.16. The van der Waals surface area contributed by atoms with Crippen molar-refractivity contribution < 1.29 is 4.79 Å². The summed E-state index contributed by atoms with van der Waals surface area (Å²) < 4.78 is 1.72. The van der Waals surface area contributed by atoms with Crippen molar-refractivity contribution in [1.82, 2.24) is 35.2 Å². The summed E-state index contributed by atoms with van der Waals surface area (Å²) in [7, 11) is 0. The molecule has 10 nitrogen and oxygen atoms in total. The number of nitrogens with zero attached hydrogens (tertiary/aromatic N) is 7. The van der Waals surface area contributed by atoms with Crippen molar-refractivity contribution in [1.29, 1.82) is 0 Å². The van der Waals surface area contributed by atoms with Gasteiger partial charge in [0.15, 0.2) is 0 Å². The van der Waals surface area contributed by atoms with Crippen molar-refractivity contribution in [2.45, 2.75) is 26.4 Å². The van der Waals surface area contributed by atoms with Crippen LogP contribution in [0.3, 0.4) is 0 Å². The van der Waals surface area contributed by atoms with Crippen LogP contribution in [0.15, 0.2) is 85.5 Å². The third kappa shape index (κ3) is 5.87. The first-order valence-electron chi connectivity index (χ1n) is 12.1. The second-order valence-corrected chi connectivity index (χ2v) is 8.57. The average Bonchev–Trinajstić information content (AvgIpc) is 3.64. The summed E-state index contributed by atoms with van der Waals surface area (Å²) in [5.41, 5.74) is 4.17. The molecule has 0 saturated heterocycles. The Morgan fingerprint density at radius 2 is 1.86 bits per heavy atom. The van der Waals surface area contributed by atoms with Gasteiger partial charge in [0.25, 0.3) is 0 Å². The molecule has 0 aliphatic heterocycles. The Bertz CT molecular complexity index is 1430. The first-order chi connectivity index (χ1) is 18.2. The van der Waals surface area contributed by atoms with Crippen LogP contribution in [0.2, 0.25) is 0 Å². The maximum absolute atomic E-state index is 12.9. The zero-order valence-electron chi connectivity index (χ0n) is 20.5. The van der Waals surface area contributed by atoms with Crippen molar-refractivity contribution in [3.63, 3.8) is 0 Å². The summed E-state index contributed by atoms with van der Waals surface area (Å²) >= 11 is 0. The van der Waals surface area contributed by atoms with Crippen LogP contribution in [0.4, 0.5) is 11.5 Å². The summed E-state index contributed by atoms with van der Waals surface area (Å²) in [6.07, 6.45) is 5.97. The van der Waals surface area contributed by atoms with Crippen LogP contribution < -0.4 is 10.2 Å². The number of rotatable bonds is 10. The molecule has 10 heteroatoms. The van der Waals surface area contributed by atoms with E-state index in [1.807, 2.05) is 54.6 Å². The van der Waals surface area contributed by atoms with Gasteiger partial charge in [0, 0.05) is 48.4 Å². The van der Waals surface area contributed by atoms with Crippen LogP contribution in [0.25, 0.3) is 22.6 Å². The molecule has 0 fully saturated rings. The molecule has 1 amide bonds. The molecule has 0 radical (unpaired) electrons. The van der Waals surface area contributed by atoms with E-state index in [2.05, 4.69) is 54.9 Å². The Morgan fingerprint density at radius 3 is 2.59 bits per heavy atom. The van der Waals surface area contributed by atoms with E-state index in [9.17, 15) is 4.79 Å². The molecule has 0 unspecified atom stereocenters. The van der Waals surface area contributed by atoms with Gasteiger partial charge in [0.05, 0.1) is 12.0 Å². The van der Waals surface area contributed by atoms with Crippen molar-refractivity contribution in [2.75, 3.05) is 16.8 Å². The predicted octanol–water partition coefficient (Wildman–Crippen LogP) is 4.18. The number of anilines is 2. The van der Waals surface area contributed by atoms with Gasteiger partial charge in [-0.1, -0.05) is 61.5 Å². The van der Waals surface area contributed by atoms with Gasteiger partial charge in [-0.15, -0.1) is 10.2 Å². The Labute approximate surface area is 214 Å². The quantitative estimate of drug-likeness (QED) is 0.300. The number of aromatic amines is 1. The van der Waals surface area contributed by atoms with Crippen molar-refractivity contribution in [3.8, 4) is 22.6 Å². The maximum Gasteiger partial charge on any atom is 0.244 e. The zero-order valence-corrected chi connectivity index (χ0v) is 20.5. The minimum atomic E-state index is -0.155. The number of carbonyl (C=O) groups excluding carboxylic acids is 1. The highest BCUT2D eigenvalue weighted by atomic mass is 16.1. The molecule has 0 bridgehead atoms. The largest absolute Gasteiger partial charge is 0.352 e. The molecule has 3 aromatic heterocycles. The lowest BCUT2D eigenvalue weighted by atomic mass is 10.0. The van der Waals surface area contributed by atoms with E-state index in [-0.39, 0.29) is 12.5 Å². The molecule has 3 heterocycles. The molecule has 186 valence electrons. The number of tetrazole rings is 1. The molecule has 5 aromatic rings. The number of benzene rings is 2. The first-order valence-corrected chi connectivity index (χ1v) is 12.1. The second-order valence-electron chi connectivity index (χ2n) is 8.57. The first kappa shape index (κ1) is 23.9. The van der Waals surface area contributed by atoms with Crippen LogP contribution in [-0.4, -0.2) is 47.6 Å². The standard InChI is InChI=1S/C27H27N9O/c1-2-13-36(17-20-8-4-3-5-9-20)25-16-21(29-26(37)18-35-14-12-28-19-35)15-24(30-25)22-10-6-7-11-23(22)27-31-33-34-32-27/h3-12,14-16,19H,2,13,17-18H2,1H3,(H,29,30,37)(H,31,32,33,34). The normalized spacial score (nSPS) is 10.8. The number of aromatic nitrogens is 7. The highest BCUT2D eigenvalue weighted by Crippen LogP contribution is 2.32. The molecule has 0 aliphatic rings. The molecule has 0 atom stereocenters. The SMILES string of the molecule is CCCN(Cc1ccccc1)c1cc(NC(=O)Cn2ccnc2)cc(-c2ccccc2-c2nn[nH]n2)n1. The number of carbonyl (C=O) groups is 1. The summed E-state index contributed by atoms with van der Waals surface area (Å²) in [5.74, 6) is 1.09. The lowest BCUT2D eigenvalue weighted by molar-refractivity contribution is -0.116. The summed E-state index contributed by atoms with van der Waals surface area (Å²) in [4.78, 5) is 24.1. The molecule has 5 rings (SSSR count). The number of H-pyrrole nitrogens is 1. The summed E-state index contributed by atoms with van der Waals surface area (Å²) in [6.45, 7) is 3.80. The highest BCUT2D eigenvalue weighted by molar-refractivity contribution is 5.92. The molecule has 2 N–H and O–H groups in total. The third-order valence-corrected chi connectivity index (χ3v) is 5.80. The van der Waals surface area contributed by atoms with Crippen molar-refractivity contribution in [3.05, 3.63) is 91.0 Å². The number of hydrogen-bond donors (Lipinski definition) is 2. The zero-order chi connectivity index (χ0) is 25.5. The lowest BCUT2D eigenvalue weighted by Crippen LogP contribution is -2.25. The highest BCUT2D eigenvalue weighted by Gasteiger charge is 2.17. The van der Waals surface area contributed by atoms with Crippen molar-refractivity contribution >= 4 is 17.4 Å². The minimum absolute atomic E-state index is 0.155. The topological polar surface area (TPSA) is 118 Å². The average molecular weight is 494 g/mol. The maximum atomic E-state index is 12.9. The van der Waals surface area contributed by atoms with E-state index in [1.54, 1.807) is 23.3 Å². The van der Waals surface area contributed by atoms with Crippen LogP contribution in [-0.2, 0) is 17.9 Å². The molecule has 0 saturated carbocycles. The Morgan fingerprint density at radius 1 is 1.05 bits per heavy atom. The van der Waals surface area contributed by atoms with Gasteiger partial charge in [-0.25, -0.2) is 9.97 Å². The molecule has 37 heavy (non-hydrogen) atoms. The van der Waals surface area contributed by atoms with E-state index < -0.39 is 0 Å². The monoisotopic (exact) mass is 493 g/mol. The van der Waals surface area contributed by atoms with E-state index in [1.165, 1.54) is 5.56 Å². The number of imidazole rings is 1. The smallest absolute Gasteiger partial charge is 0.244 e. The van der Waals surface area contributed by atoms with Crippen LogP contribution >= 0.6 is 0 Å². The summed E-state index contributed by atoms with van der Waals surface area (Å²) in [6, 6.07) is 21.8. The number of nitrogens with one attached hydrogen (secondary N) is 2. The fourth-order valence-corrected chi connectivity index (χ4v) is 4.16. The van der Waals surface area contributed by atoms with Crippen LogP contribution in [0, 0.1) is 0 Å². The van der Waals surface area contributed by atoms with Gasteiger partial charge in [0.2, 0.25) is 11.7 Å². The Kier molecular flexibility index (Phi) is 7.26. The molecule has 2 aromatic carbocycles. The van der Waals surface area contributed by atoms with Crippen molar-refractivity contribution in [2.24, 2.45) is 0 Å². The van der Waals surface area contributed by atoms with E-state index in [0.717, 1.165) is 29.9 Å². The summed E-state index contributed by atoms with van der Waals surface area (Å²) in [5, 5.41) is 17.6. The van der Waals surface area contributed by atoms with E-state index in [0.29, 0.717) is 23.8 Å². The molecular formula is C27H27N9O. The number of hydrogen-bond acceptors (Lipinski definition) is 7. The molecular weight excluding hydrogens is 466 g/mol. The van der Waals surface area contributed by atoms with Gasteiger partial charge in [-0.05, 0) is 23.3 Å². The van der Waals surface area contributed by atoms with Gasteiger partial charge >= 0.3 is 0 Å². The second kappa shape index (κ2) is 11.3. The fraction of sp³-hybridized carbons (Fsp3) is 0.185. The minimum Gasteiger partial charge on any atom is -0.352 e. The van der Waals surface area contributed by atoms with E-state index >= 15 is 0 Å². The van der Waals surface area contributed by atoms with Gasteiger partial charge in [-0.3, -0.25) is 4.79 Å². The van der Waals surface area contributed by atoms with Crippen LogP contribution in [0.5, 0.6) is 0 Å². The van der Waals surface area contributed by atoms with Crippen LogP contribution in [0.1, 0.15) is 18.9 Å². The Balaban J connectivity index is 1.55. The number of amides is 1. The van der Waals surface area contributed by atoms with Gasteiger partial charge in [-0.2, -0.15) is 5.21 Å².